The van der Waals surface area contributed by atoms with Gasteiger partial charge in [-0.1, -0.05) is 37.1 Å². The number of ether oxygens (including phenoxy) is 4. The normalized spacial score (nSPS) is 25.5. The molecule has 6 atom stereocenters. The first-order valence-electron chi connectivity index (χ1n) is 18.5. The summed E-state index contributed by atoms with van der Waals surface area (Å²) >= 11 is 5.95. The van der Waals surface area contributed by atoms with Crippen LogP contribution in [-0.2, 0) is 14.3 Å². The van der Waals surface area contributed by atoms with E-state index in [9.17, 15) is 19.8 Å². The lowest BCUT2D eigenvalue weighted by Crippen LogP contribution is -2.70. The van der Waals surface area contributed by atoms with E-state index in [2.05, 4.69) is 23.1 Å². The summed E-state index contributed by atoms with van der Waals surface area (Å²) < 4.78 is 25.3. The lowest BCUT2D eigenvalue weighted by Gasteiger charge is -2.59. The third-order valence-corrected chi connectivity index (χ3v) is 10.0. The minimum Gasteiger partial charge on any atom is -0.459 e. The van der Waals surface area contributed by atoms with E-state index in [-0.39, 0.29) is 56.5 Å². The van der Waals surface area contributed by atoms with Crippen LogP contribution in [0.25, 0.3) is 0 Å². The SMILES string of the molecule is C=CCOC12Oc3ccc(OC(=O)NCC)cc3C3C(CCCCO)C(CCCCO)C=C(C(=NOCC)CC1N(CCC)C(=O)OCCCl)C32. The van der Waals surface area contributed by atoms with Crippen molar-refractivity contribution in [2.45, 2.75) is 89.9 Å². The van der Waals surface area contributed by atoms with Crippen molar-refractivity contribution in [3.63, 3.8) is 0 Å². The van der Waals surface area contributed by atoms with Gasteiger partial charge in [-0.2, -0.15) is 0 Å². The number of carbonyl (C=O) groups excluding carboxylic acids is 2. The first-order chi connectivity index (χ1) is 24.8. The number of benzene rings is 1. The van der Waals surface area contributed by atoms with E-state index in [1.165, 1.54) is 0 Å². The Morgan fingerprint density at radius 3 is 2.59 bits per heavy atom. The van der Waals surface area contributed by atoms with E-state index in [1.54, 1.807) is 23.1 Å². The summed E-state index contributed by atoms with van der Waals surface area (Å²) in [5, 5.41) is 26.9. The van der Waals surface area contributed by atoms with Crippen molar-refractivity contribution in [1.82, 2.24) is 10.2 Å². The van der Waals surface area contributed by atoms with Gasteiger partial charge in [0.05, 0.1) is 24.1 Å². The highest BCUT2D eigenvalue weighted by atomic mass is 35.5. The van der Waals surface area contributed by atoms with Crippen LogP contribution in [0.1, 0.15) is 83.6 Å². The highest BCUT2D eigenvalue weighted by Gasteiger charge is 2.65. The molecule has 0 aromatic heterocycles. The van der Waals surface area contributed by atoms with Crippen LogP contribution in [0.3, 0.4) is 0 Å². The lowest BCUT2D eigenvalue weighted by atomic mass is 9.55. The van der Waals surface area contributed by atoms with Crippen molar-refractivity contribution in [2.24, 2.45) is 22.9 Å². The summed E-state index contributed by atoms with van der Waals surface area (Å²) in [6.45, 7) is 11.1. The fourth-order valence-corrected chi connectivity index (χ4v) is 8.04. The Bertz CT molecular complexity index is 1370. The molecule has 1 fully saturated rings. The highest BCUT2D eigenvalue weighted by Crippen LogP contribution is 2.62. The molecule has 1 aromatic rings. The van der Waals surface area contributed by atoms with Crippen LogP contribution in [0.5, 0.6) is 11.5 Å². The van der Waals surface area contributed by atoms with E-state index < -0.39 is 29.9 Å². The quantitative estimate of drug-likeness (QED) is 0.0588. The summed E-state index contributed by atoms with van der Waals surface area (Å²) in [5.74, 6) is -0.919. The van der Waals surface area contributed by atoms with Crippen molar-refractivity contribution < 1.29 is 43.6 Å². The van der Waals surface area contributed by atoms with E-state index in [4.69, 9.17) is 35.4 Å². The van der Waals surface area contributed by atoms with Gasteiger partial charge in [-0.05, 0) is 81.6 Å². The van der Waals surface area contributed by atoms with E-state index in [0.29, 0.717) is 56.2 Å². The van der Waals surface area contributed by atoms with Gasteiger partial charge in [0.1, 0.15) is 30.8 Å². The molecule has 2 aliphatic carbocycles. The fourth-order valence-electron chi connectivity index (χ4n) is 7.97. The second-order valence-corrected chi connectivity index (χ2v) is 13.5. The maximum Gasteiger partial charge on any atom is 0.412 e. The average Bonchev–Trinajstić information content (AvgIpc) is 3.12. The van der Waals surface area contributed by atoms with Gasteiger partial charge in [-0.15, -0.1) is 18.2 Å². The van der Waals surface area contributed by atoms with Gasteiger partial charge < -0.3 is 39.3 Å². The zero-order valence-corrected chi connectivity index (χ0v) is 31.1. The molecule has 0 spiro atoms. The highest BCUT2D eigenvalue weighted by molar-refractivity contribution is 6.18. The molecule has 284 valence electrons. The van der Waals surface area contributed by atoms with Gasteiger partial charge >= 0.3 is 12.2 Å². The number of alkyl halides is 1. The van der Waals surface area contributed by atoms with E-state index >= 15 is 0 Å². The summed E-state index contributed by atoms with van der Waals surface area (Å²) in [7, 11) is 0. The minimum absolute atomic E-state index is 0.0352. The molecule has 1 aromatic carbocycles. The minimum atomic E-state index is -1.40. The number of aliphatic hydroxyl groups is 2. The first-order valence-corrected chi connectivity index (χ1v) is 19.0. The molecule has 0 saturated heterocycles. The lowest BCUT2D eigenvalue weighted by molar-refractivity contribution is -0.255. The molecule has 12 nitrogen and oxygen atoms in total. The first kappa shape index (κ1) is 40.5. The number of aliphatic hydroxyl groups excluding tert-OH is 2. The maximum atomic E-state index is 13.9. The number of unbranched alkanes of at least 4 members (excludes halogenated alkanes) is 2. The number of amides is 2. The third kappa shape index (κ3) is 9.38. The Kier molecular flexibility index (Phi) is 15.9. The number of carbonyl (C=O) groups is 2. The largest absolute Gasteiger partial charge is 0.459 e. The van der Waals surface area contributed by atoms with E-state index in [1.807, 2.05) is 26.8 Å². The number of allylic oxidation sites excluding steroid dienone is 1. The molecule has 1 aliphatic heterocycles. The number of rotatable bonds is 20. The molecule has 1 saturated carbocycles. The summed E-state index contributed by atoms with van der Waals surface area (Å²) in [6.07, 6.45) is 8.31. The molecule has 3 aliphatic rings. The second-order valence-electron chi connectivity index (χ2n) is 13.1. The van der Waals surface area contributed by atoms with E-state index in [0.717, 1.165) is 36.8 Å². The standard InChI is InChI=1S/C38H56ClN3O9/c1-5-18-42(37(46)47-22-17-39)33-25-31(41-49-8-4)29-23-26(13-9-11-19-43)28(14-10-12-20-44)34-30-24-27(50-36(45)40-7-3)15-16-32(30)51-38(33,35(29)34)48-21-6-2/h6,15-16,23-24,26,28,33-35,43-44H,2,5,7-14,17-22,25H2,1,3-4H3,(H,40,45). The molecule has 3 N–H and O–H groups in total. The number of fused-ring (bicyclic) bond motifs is 2. The van der Waals surface area contributed by atoms with Crippen molar-refractivity contribution in [1.29, 1.82) is 0 Å². The van der Waals surface area contributed by atoms with Crippen LogP contribution in [0, 0.1) is 17.8 Å². The predicted octanol–water partition coefficient (Wildman–Crippen LogP) is 6.54. The Balaban J connectivity index is 2.03. The molecule has 2 amide bonds. The Labute approximate surface area is 307 Å². The van der Waals surface area contributed by atoms with Crippen molar-refractivity contribution in [3.05, 3.63) is 48.1 Å². The predicted molar refractivity (Wildman–Crippen MR) is 195 cm³/mol. The van der Waals surface area contributed by atoms with Crippen molar-refractivity contribution in [2.75, 3.05) is 52.0 Å². The number of hydrogen-bond donors (Lipinski definition) is 3. The van der Waals surface area contributed by atoms with Gasteiger partial charge in [-0.25, -0.2) is 9.59 Å². The summed E-state index contributed by atoms with van der Waals surface area (Å²) in [5.41, 5.74) is 2.48. The van der Waals surface area contributed by atoms with Gasteiger partial charge in [0, 0.05) is 44.2 Å². The van der Waals surface area contributed by atoms with Crippen LogP contribution in [0.4, 0.5) is 9.59 Å². The van der Waals surface area contributed by atoms with Crippen LogP contribution in [0.15, 0.2) is 47.7 Å². The monoisotopic (exact) mass is 733 g/mol. The summed E-state index contributed by atoms with van der Waals surface area (Å²) in [6, 6.07) is 4.69. The van der Waals surface area contributed by atoms with Crippen LogP contribution in [0.2, 0.25) is 0 Å². The summed E-state index contributed by atoms with van der Waals surface area (Å²) in [4.78, 5) is 33.8. The Morgan fingerprint density at radius 1 is 1.16 bits per heavy atom. The molecule has 51 heavy (non-hydrogen) atoms. The number of oxime groups is 1. The van der Waals surface area contributed by atoms with Crippen molar-refractivity contribution in [3.8, 4) is 11.5 Å². The molecule has 13 heteroatoms. The molecule has 1 heterocycles. The van der Waals surface area contributed by atoms with Crippen LogP contribution in [-0.4, -0.2) is 96.8 Å². The molecule has 6 unspecified atom stereocenters. The average molecular weight is 734 g/mol. The van der Waals surface area contributed by atoms with Crippen molar-refractivity contribution >= 4 is 29.5 Å². The Hall–Kier alpha value is -3.32. The number of nitrogens with one attached hydrogen (secondary N) is 1. The van der Waals surface area contributed by atoms with Gasteiger partial charge in [0.15, 0.2) is 0 Å². The zero-order valence-electron chi connectivity index (χ0n) is 30.3. The van der Waals surface area contributed by atoms with Crippen LogP contribution < -0.4 is 14.8 Å². The molecular formula is C38H56ClN3O9. The van der Waals surface area contributed by atoms with Gasteiger partial charge in [-0.3, -0.25) is 4.90 Å². The fraction of sp³-hybridized carbons (Fsp3) is 0.658. The maximum absolute atomic E-state index is 13.9. The second kappa shape index (κ2) is 20.1. The molecule has 0 bridgehead atoms. The smallest absolute Gasteiger partial charge is 0.412 e. The zero-order chi connectivity index (χ0) is 36.8. The molecule has 4 rings (SSSR count). The van der Waals surface area contributed by atoms with Gasteiger partial charge in [0.2, 0.25) is 5.79 Å². The molecular weight excluding hydrogens is 678 g/mol. The van der Waals surface area contributed by atoms with Gasteiger partial charge in [0.25, 0.3) is 0 Å². The number of hydrogen-bond acceptors (Lipinski definition) is 10. The topological polar surface area (TPSA) is 148 Å². The molecule has 0 radical (unpaired) electrons. The Morgan fingerprint density at radius 2 is 1.92 bits per heavy atom. The third-order valence-electron chi connectivity index (χ3n) is 9.86. The van der Waals surface area contributed by atoms with Crippen LogP contribution >= 0.6 is 11.6 Å². The number of nitrogens with zero attached hydrogens (tertiary/aromatic N) is 2. The number of halogens is 1.